The van der Waals surface area contributed by atoms with Gasteiger partial charge in [0.1, 0.15) is 0 Å². The minimum atomic E-state index is -3.22. The Morgan fingerprint density at radius 3 is 2.24 bits per heavy atom. The maximum Gasteiger partial charge on any atom is 0.179 e. The number of hydrogen-bond donors (Lipinski definition) is 0. The van der Waals surface area contributed by atoms with Gasteiger partial charge in [0.05, 0.1) is 10.6 Å². The van der Waals surface area contributed by atoms with Gasteiger partial charge >= 0.3 is 0 Å². The third-order valence-electron chi connectivity index (χ3n) is 4.11. The average Bonchev–Trinajstić information content (AvgIpc) is 2.47. The van der Waals surface area contributed by atoms with Crippen molar-refractivity contribution < 1.29 is 8.42 Å². The Labute approximate surface area is 136 Å². The minimum absolute atomic E-state index is 0.0534. The predicted octanol–water partition coefficient (Wildman–Crippen LogP) is 2.25. The molecule has 21 heavy (non-hydrogen) atoms. The number of hydrogen-bond acceptors (Lipinski definition) is 4. The molecule has 0 amide bonds. The van der Waals surface area contributed by atoms with Crippen LogP contribution in [0.2, 0.25) is 0 Å². The first-order valence-corrected chi connectivity index (χ1v) is 9.81. The molecule has 6 heteroatoms. The Kier molecular flexibility index (Phi) is 5.82. The van der Waals surface area contributed by atoms with Gasteiger partial charge in [-0.15, -0.1) is 0 Å². The van der Waals surface area contributed by atoms with E-state index in [9.17, 15) is 8.42 Å². The molecule has 1 aromatic rings. The van der Waals surface area contributed by atoms with Gasteiger partial charge in [0, 0.05) is 36.7 Å². The summed E-state index contributed by atoms with van der Waals surface area (Å²) >= 11 is 3.33. The number of nitrogens with zero attached hydrogens (tertiary/aromatic N) is 2. The van der Waals surface area contributed by atoms with Gasteiger partial charge < -0.3 is 4.90 Å². The molecule has 0 saturated carbocycles. The van der Waals surface area contributed by atoms with E-state index in [1.807, 2.05) is 6.92 Å². The van der Waals surface area contributed by atoms with Crippen LogP contribution >= 0.6 is 15.9 Å². The van der Waals surface area contributed by atoms with Crippen LogP contribution in [0.3, 0.4) is 0 Å². The first-order chi connectivity index (χ1) is 9.92. The van der Waals surface area contributed by atoms with Gasteiger partial charge in [0.2, 0.25) is 0 Å². The van der Waals surface area contributed by atoms with E-state index >= 15 is 0 Å². The van der Waals surface area contributed by atoms with Gasteiger partial charge in [-0.2, -0.15) is 0 Å². The van der Waals surface area contributed by atoms with Crippen LogP contribution in [-0.4, -0.2) is 62.7 Å². The fraction of sp³-hybridized carbons (Fsp3) is 0.600. The lowest BCUT2D eigenvalue weighted by atomic mass is 10.2. The summed E-state index contributed by atoms with van der Waals surface area (Å²) in [4.78, 5) is 5.08. The second-order valence-corrected chi connectivity index (χ2v) is 8.50. The van der Waals surface area contributed by atoms with Crippen molar-refractivity contribution >= 4 is 25.8 Å². The zero-order valence-electron chi connectivity index (χ0n) is 12.6. The summed E-state index contributed by atoms with van der Waals surface area (Å²) in [6.45, 7) is 9.20. The average molecular weight is 375 g/mol. The van der Waals surface area contributed by atoms with Crippen molar-refractivity contribution in [2.45, 2.75) is 24.8 Å². The van der Waals surface area contributed by atoms with E-state index in [0.29, 0.717) is 4.90 Å². The van der Waals surface area contributed by atoms with Crippen molar-refractivity contribution in [3.05, 3.63) is 28.7 Å². The van der Waals surface area contributed by atoms with Crippen LogP contribution in [0.4, 0.5) is 0 Å². The molecule has 1 atom stereocenters. The van der Waals surface area contributed by atoms with Crippen molar-refractivity contribution in [1.82, 2.24) is 9.80 Å². The quantitative estimate of drug-likeness (QED) is 0.792. The Balaban J connectivity index is 1.98. The lowest BCUT2D eigenvalue weighted by molar-refractivity contribution is 0.113. The SMILES string of the molecule is CCN1CCN(C(C)CS(=O)(=O)c2ccc(Br)cc2)CC1. The van der Waals surface area contributed by atoms with Crippen molar-refractivity contribution in [3.8, 4) is 0 Å². The van der Waals surface area contributed by atoms with Gasteiger partial charge in [-0.1, -0.05) is 22.9 Å². The molecule has 0 N–H and O–H groups in total. The van der Waals surface area contributed by atoms with E-state index < -0.39 is 9.84 Å². The van der Waals surface area contributed by atoms with Gasteiger partial charge in [-0.25, -0.2) is 8.42 Å². The summed E-state index contributed by atoms with van der Waals surface area (Å²) in [6, 6.07) is 6.94. The Morgan fingerprint density at radius 2 is 1.71 bits per heavy atom. The van der Waals surface area contributed by atoms with Crippen LogP contribution in [0.15, 0.2) is 33.6 Å². The highest BCUT2D eigenvalue weighted by Gasteiger charge is 2.25. The molecule has 0 radical (unpaired) electrons. The largest absolute Gasteiger partial charge is 0.301 e. The minimum Gasteiger partial charge on any atom is -0.301 e. The van der Waals surface area contributed by atoms with E-state index in [2.05, 4.69) is 32.7 Å². The topological polar surface area (TPSA) is 40.6 Å². The number of benzene rings is 1. The number of likely N-dealkylation sites (N-methyl/N-ethyl adjacent to an activating group) is 1. The normalized spacial score (nSPS) is 19.6. The molecule has 1 saturated heterocycles. The third kappa shape index (κ3) is 4.52. The lowest BCUT2D eigenvalue weighted by Crippen LogP contribution is -2.50. The Bertz CT molecular complexity index is 552. The summed E-state index contributed by atoms with van der Waals surface area (Å²) in [5.41, 5.74) is 0. The van der Waals surface area contributed by atoms with E-state index in [1.165, 1.54) is 0 Å². The molecule has 0 spiro atoms. The van der Waals surface area contributed by atoms with E-state index in [-0.39, 0.29) is 11.8 Å². The van der Waals surface area contributed by atoms with Gasteiger partial charge in [0.25, 0.3) is 0 Å². The van der Waals surface area contributed by atoms with Gasteiger partial charge in [-0.3, -0.25) is 4.90 Å². The van der Waals surface area contributed by atoms with Gasteiger partial charge in [-0.05, 0) is 37.7 Å². The molecule has 1 unspecified atom stereocenters. The van der Waals surface area contributed by atoms with Crippen molar-refractivity contribution in [1.29, 1.82) is 0 Å². The first kappa shape index (κ1) is 16.9. The highest BCUT2D eigenvalue weighted by molar-refractivity contribution is 9.10. The molecule has 0 bridgehead atoms. The molecule has 0 aromatic heterocycles. The Morgan fingerprint density at radius 1 is 1.14 bits per heavy atom. The predicted molar refractivity (Wildman–Crippen MR) is 89.3 cm³/mol. The van der Waals surface area contributed by atoms with Crippen LogP contribution in [0.5, 0.6) is 0 Å². The molecule has 4 nitrogen and oxygen atoms in total. The summed E-state index contributed by atoms with van der Waals surface area (Å²) in [6.07, 6.45) is 0. The van der Waals surface area contributed by atoms with Crippen molar-refractivity contribution in [2.75, 3.05) is 38.5 Å². The smallest absolute Gasteiger partial charge is 0.179 e. The maximum absolute atomic E-state index is 12.5. The first-order valence-electron chi connectivity index (χ1n) is 7.37. The van der Waals surface area contributed by atoms with Gasteiger partial charge in [0.15, 0.2) is 9.84 Å². The molecule has 1 aromatic carbocycles. The number of sulfone groups is 1. The molecule has 1 aliphatic rings. The number of halogens is 1. The fourth-order valence-electron chi connectivity index (χ4n) is 2.68. The molecular weight excluding hydrogens is 352 g/mol. The maximum atomic E-state index is 12.5. The summed E-state index contributed by atoms with van der Waals surface area (Å²) in [7, 11) is -3.22. The Hall–Kier alpha value is -0.430. The molecule has 118 valence electrons. The highest BCUT2D eigenvalue weighted by atomic mass is 79.9. The molecule has 2 rings (SSSR count). The van der Waals surface area contributed by atoms with E-state index in [4.69, 9.17) is 0 Å². The third-order valence-corrected chi connectivity index (χ3v) is 6.55. The second-order valence-electron chi connectivity index (χ2n) is 5.55. The zero-order chi connectivity index (χ0) is 15.5. The lowest BCUT2D eigenvalue weighted by Gasteiger charge is -2.37. The number of piperazine rings is 1. The van der Waals surface area contributed by atoms with Crippen molar-refractivity contribution in [2.24, 2.45) is 0 Å². The highest BCUT2D eigenvalue weighted by Crippen LogP contribution is 2.18. The summed E-state index contributed by atoms with van der Waals surface area (Å²) in [5.74, 6) is 0.181. The molecular formula is C15H23BrN2O2S. The van der Waals surface area contributed by atoms with E-state index in [1.54, 1.807) is 24.3 Å². The van der Waals surface area contributed by atoms with Crippen LogP contribution in [0, 0.1) is 0 Å². The van der Waals surface area contributed by atoms with Crippen LogP contribution in [0.25, 0.3) is 0 Å². The molecule has 1 aliphatic heterocycles. The summed E-state index contributed by atoms with van der Waals surface area (Å²) < 4.78 is 25.8. The molecule has 0 aliphatic carbocycles. The number of rotatable bonds is 5. The van der Waals surface area contributed by atoms with E-state index in [0.717, 1.165) is 37.2 Å². The van der Waals surface area contributed by atoms with Crippen LogP contribution in [0.1, 0.15) is 13.8 Å². The fourth-order valence-corrected chi connectivity index (χ4v) is 4.53. The van der Waals surface area contributed by atoms with Crippen LogP contribution in [-0.2, 0) is 9.84 Å². The van der Waals surface area contributed by atoms with Crippen molar-refractivity contribution in [3.63, 3.8) is 0 Å². The second kappa shape index (κ2) is 7.22. The molecule has 1 heterocycles. The zero-order valence-corrected chi connectivity index (χ0v) is 15.0. The molecule has 1 fully saturated rings. The summed E-state index contributed by atoms with van der Waals surface area (Å²) in [5, 5.41) is 0. The van der Waals surface area contributed by atoms with Crippen LogP contribution < -0.4 is 0 Å². The standard InChI is InChI=1S/C15H23BrN2O2S/c1-3-17-8-10-18(11-9-17)13(2)12-21(19,20)15-6-4-14(16)5-7-15/h4-7,13H,3,8-12H2,1-2H3. The monoisotopic (exact) mass is 374 g/mol.